The summed E-state index contributed by atoms with van der Waals surface area (Å²) in [5.41, 5.74) is 6.86. The predicted molar refractivity (Wildman–Crippen MR) is 83.1 cm³/mol. The second-order valence-corrected chi connectivity index (χ2v) is 6.44. The largest absolute Gasteiger partial charge is 0.330 e. The third-order valence-corrected chi connectivity index (χ3v) is 3.20. The molecule has 0 spiro atoms. The van der Waals surface area contributed by atoms with Crippen molar-refractivity contribution in [3.63, 3.8) is 0 Å². The number of nitrogens with two attached hydrogens (primary N) is 1. The quantitative estimate of drug-likeness (QED) is 0.644. The second kappa shape index (κ2) is 6.67. The number of amides is 1. The average Bonchev–Trinajstić information content (AvgIpc) is 2.37. The number of benzene rings is 1. The maximum Gasteiger partial charge on any atom is 0.271 e. The summed E-state index contributed by atoms with van der Waals surface area (Å²) in [6.07, 6.45) is 0.656. The zero-order chi connectivity index (χ0) is 16.2. The molecule has 0 saturated carbocycles. The molecule has 1 rings (SSSR count). The van der Waals surface area contributed by atoms with Crippen LogP contribution < -0.4 is 11.1 Å². The van der Waals surface area contributed by atoms with Gasteiger partial charge in [-0.1, -0.05) is 26.8 Å². The Balaban J connectivity index is 2.91. The molecule has 0 fully saturated rings. The molecule has 0 aliphatic carbocycles. The predicted octanol–water partition coefficient (Wildman–Crippen LogP) is 2.85. The molecule has 1 atom stereocenters. The van der Waals surface area contributed by atoms with Gasteiger partial charge in [0.25, 0.3) is 5.69 Å². The number of nitro groups is 1. The summed E-state index contributed by atoms with van der Waals surface area (Å²) in [6, 6.07) is 4.41. The van der Waals surface area contributed by atoms with E-state index in [1.54, 1.807) is 13.0 Å². The molecule has 6 heteroatoms. The number of nitro benzene ring substituents is 1. The van der Waals surface area contributed by atoms with Crippen molar-refractivity contribution in [3.8, 4) is 0 Å². The van der Waals surface area contributed by atoms with Gasteiger partial charge in [0, 0.05) is 18.7 Å². The maximum atomic E-state index is 12.3. The van der Waals surface area contributed by atoms with Gasteiger partial charge in [0.1, 0.15) is 0 Å². The normalized spacial score (nSPS) is 12.8. The highest BCUT2D eigenvalue weighted by atomic mass is 16.6. The number of anilines is 1. The molecule has 0 saturated heterocycles. The Hall–Kier alpha value is -1.95. The summed E-state index contributed by atoms with van der Waals surface area (Å²) in [7, 11) is 0. The van der Waals surface area contributed by atoms with E-state index in [1.165, 1.54) is 12.1 Å². The molecule has 0 aliphatic rings. The molecular formula is C15H23N3O3. The molecular weight excluding hydrogens is 270 g/mol. The van der Waals surface area contributed by atoms with E-state index >= 15 is 0 Å². The third-order valence-electron chi connectivity index (χ3n) is 3.20. The molecule has 6 nitrogen and oxygen atoms in total. The summed E-state index contributed by atoms with van der Waals surface area (Å²) in [6.45, 7) is 8.17. The van der Waals surface area contributed by atoms with Gasteiger partial charge >= 0.3 is 0 Å². The first-order chi connectivity index (χ1) is 9.64. The van der Waals surface area contributed by atoms with Crippen LogP contribution >= 0.6 is 0 Å². The molecule has 1 unspecified atom stereocenters. The molecule has 0 radical (unpaired) electrons. The molecule has 1 aromatic rings. The van der Waals surface area contributed by atoms with E-state index in [-0.39, 0.29) is 29.5 Å². The van der Waals surface area contributed by atoms with E-state index in [0.717, 1.165) is 5.56 Å². The van der Waals surface area contributed by atoms with Gasteiger partial charge in [-0.05, 0) is 24.3 Å². The second-order valence-electron chi connectivity index (χ2n) is 6.44. The van der Waals surface area contributed by atoms with Gasteiger partial charge in [-0.2, -0.15) is 0 Å². The van der Waals surface area contributed by atoms with Crippen molar-refractivity contribution in [1.82, 2.24) is 0 Å². The summed E-state index contributed by atoms with van der Waals surface area (Å²) in [5.74, 6) is -0.514. The molecule has 21 heavy (non-hydrogen) atoms. The summed E-state index contributed by atoms with van der Waals surface area (Å²) >= 11 is 0. The lowest BCUT2D eigenvalue weighted by atomic mass is 9.84. The van der Waals surface area contributed by atoms with Crippen LogP contribution in [-0.4, -0.2) is 17.4 Å². The van der Waals surface area contributed by atoms with Gasteiger partial charge in [-0.25, -0.2) is 0 Å². The summed E-state index contributed by atoms with van der Waals surface area (Å²) in [5, 5.41) is 13.6. The minimum absolute atomic E-state index is 0.0148. The Morgan fingerprint density at radius 2 is 2.05 bits per heavy atom. The number of aryl methyl sites for hydroxylation is 1. The van der Waals surface area contributed by atoms with Crippen LogP contribution in [0.4, 0.5) is 11.4 Å². The average molecular weight is 293 g/mol. The first kappa shape index (κ1) is 17.1. The van der Waals surface area contributed by atoms with Crippen LogP contribution in [0, 0.1) is 28.4 Å². The molecule has 116 valence electrons. The van der Waals surface area contributed by atoms with E-state index in [9.17, 15) is 14.9 Å². The zero-order valence-electron chi connectivity index (χ0n) is 13.0. The van der Waals surface area contributed by atoms with Crippen molar-refractivity contribution in [2.24, 2.45) is 17.1 Å². The lowest BCUT2D eigenvalue weighted by molar-refractivity contribution is -0.384. The Morgan fingerprint density at radius 3 is 2.52 bits per heavy atom. The highest BCUT2D eigenvalue weighted by Crippen LogP contribution is 2.26. The number of hydrogen-bond donors (Lipinski definition) is 2. The SMILES string of the molecule is Cc1ccc([N+](=O)[O-])cc1NC(=O)C(CN)CC(C)(C)C. The fraction of sp³-hybridized carbons (Fsp3) is 0.533. The van der Waals surface area contributed by atoms with Crippen LogP contribution in [0.5, 0.6) is 0 Å². The maximum absolute atomic E-state index is 12.3. The smallest absolute Gasteiger partial charge is 0.271 e. The zero-order valence-corrected chi connectivity index (χ0v) is 13.0. The van der Waals surface area contributed by atoms with E-state index < -0.39 is 4.92 Å². The Bertz CT molecular complexity index is 535. The van der Waals surface area contributed by atoms with Crippen molar-refractivity contribution in [3.05, 3.63) is 33.9 Å². The Kier molecular flexibility index (Phi) is 5.43. The molecule has 1 amide bonds. The number of nitrogens with zero attached hydrogens (tertiary/aromatic N) is 1. The summed E-state index contributed by atoms with van der Waals surface area (Å²) in [4.78, 5) is 22.6. The van der Waals surface area contributed by atoms with Crippen molar-refractivity contribution in [1.29, 1.82) is 0 Å². The van der Waals surface area contributed by atoms with E-state index in [0.29, 0.717) is 12.1 Å². The first-order valence-electron chi connectivity index (χ1n) is 6.90. The fourth-order valence-corrected chi connectivity index (χ4v) is 2.12. The molecule has 0 bridgehead atoms. The topological polar surface area (TPSA) is 98.3 Å². The van der Waals surface area contributed by atoms with Crippen molar-refractivity contribution in [2.45, 2.75) is 34.1 Å². The number of hydrogen-bond acceptors (Lipinski definition) is 4. The monoisotopic (exact) mass is 293 g/mol. The lowest BCUT2D eigenvalue weighted by Gasteiger charge is -2.24. The van der Waals surface area contributed by atoms with Crippen molar-refractivity contribution in [2.75, 3.05) is 11.9 Å². The summed E-state index contributed by atoms with van der Waals surface area (Å²) < 4.78 is 0. The highest BCUT2D eigenvalue weighted by Gasteiger charge is 2.24. The van der Waals surface area contributed by atoms with Crippen molar-refractivity contribution < 1.29 is 9.72 Å². The van der Waals surface area contributed by atoms with Crippen LogP contribution in [0.3, 0.4) is 0 Å². The van der Waals surface area contributed by atoms with Crippen LogP contribution in [0.15, 0.2) is 18.2 Å². The number of non-ortho nitro benzene ring substituents is 1. The van der Waals surface area contributed by atoms with E-state index in [1.807, 2.05) is 20.8 Å². The van der Waals surface area contributed by atoms with Crippen LogP contribution in [0.2, 0.25) is 0 Å². The van der Waals surface area contributed by atoms with Gasteiger partial charge in [-0.3, -0.25) is 14.9 Å². The fourth-order valence-electron chi connectivity index (χ4n) is 2.12. The lowest BCUT2D eigenvalue weighted by Crippen LogP contribution is -2.32. The Labute approximate surface area is 124 Å². The van der Waals surface area contributed by atoms with Crippen molar-refractivity contribution >= 4 is 17.3 Å². The Morgan fingerprint density at radius 1 is 1.43 bits per heavy atom. The molecule has 3 N–H and O–H groups in total. The molecule has 1 aromatic carbocycles. The van der Waals surface area contributed by atoms with Gasteiger partial charge in [-0.15, -0.1) is 0 Å². The van der Waals surface area contributed by atoms with Gasteiger partial charge in [0.15, 0.2) is 0 Å². The van der Waals surface area contributed by atoms with Gasteiger partial charge in [0.2, 0.25) is 5.91 Å². The number of rotatable bonds is 5. The molecule has 0 heterocycles. The van der Waals surface area contributed by atoms with Crippen LogP contribution in [0.1, 0.15) is 32.8 Å². The van der Waals surface area contributed by atoms with Gasteiger partial charge < -0.3 is 11.1 Å². The first-order valence-corrected chi connectivity index (χ1v) is 6.90. The molecule has 0 aromatic heterocycles. The van der Waals surface area contributed by atoms with Gasteiger partial charge in [0.05, 0.1) is 16.5 Å². The number of carbonyl (C=O) groups excluding carboxylic acids is 1. The number of carbonyl (C=O) groups is 1. The highest BCUT2D eigenvalue weighted by molar-refractivity contribution is 5.93. The number of nitrogens with one attached hydrogen (secondary N) is 1. The van der Waals surface area contributed by atoms with Crippen LogP contribution in [0.25, 0.3) is 0 Å². The third kappa shape index (κ3) is 5.15. The minimum atomic E-state index is -0.481. The standard InChI is InChI=1S/C15H23N3O3/c1-10-5-6-12(18(20)21)7-13(10)17-14(19)11(9-16)8-15(2,3)4/h5-7,11H,8-9,16H2,1-4H3,(H,17,19). The van der Waals surface area contributed by atoms with E-state index in [4.69, 9.17) is 5.73 Å². The van der Waals surface area contributed by atoms with E-state index in [2.05, 4.69) is 5.32 Å². The minimum Gasteiger partial charge on any atom is -0.330 e. The van der Waals surface area contributed by atoms with Crippen LogP contribution in [-0.2, 0) is 4.79 Å². The molecule has 0 aliphatic heterocycles.